The molecule has 1 fully saturated rings. The fourth-order valence-electron chi connectivity index (χ4n) is 2.99. The smallest absolute Gasteiger partial charge is 0.0195 e. The molecule has 1 heterocycles. The van der Waals surface area contributed by atoms with Gasteiger partial charge in [0.2, 0.25) is 0 Å². The van der Waals surface area contributed by atoms with Gasteiger partial charge in [-0.2, -0.15) is 0 Å². The third kappa shape index (κ3) is 4.57. The van der Waals surface area contributed by atoms with Crippen LogP contribution in [-0.4, -0.2) is 60.6 Å². The maximum absolute atomic E-state index is 3.51. The summed E-state index contributed by atoms with van der Waals surface area (Å²) in [5, 5.41) is 3.51. The molecule has 1 saturated heterocycles. The minimum atomic E-state index is 0.634. The van der Waals surface area contributed by atoms with Crippen molar-refractivity contribution in [3.63, 3.8) is 0 Å². The van der Waals surface area contributed by atoms with Crippen LogP contribution in [0.2, 0.25) is 0 Å². The molecule has 0 aromatic heterocycles. The molecule has 3 atom stereocenters. The first-order valence-corrected chi connectivity index (χ1v) is 7.29. The monoisotopic (exact) mass is 241 g/mol. The van der Waals surface area contributed by atoms with Gasteiger partial charge in [0.25, 0.3) is 0 Å². The molecule has 1 aliphatic rings. The maximum Gasteiger partial charge on any atom is 0.0195 e. The summed E-state index contributed by atoms with van der Waals surface area (Å²) in [4.78, 5) is 5.24. The molecule has 3 unspecified atom stereocenters. The van der Waals surface area contributed by atoms with Gasteiger partial charge in [0.15, 0.2) is 0 Å². The standard InChI is InChI=1S/C14H31N3/c1-6-15-12(3)10-13(4)17-9-8-16(7-2)14(5)11-17/h12-15H,6-11H2,1-5H3. The minimum Gasteiger partial charge on any atom is -0.314 e. The van der Waals surface area contributed by atoms with Gasteiger partial charge in [-0.05, 0) is 40.3 Å². The molecule has 0 bridgehead atoms. The lowest BCUT2D eigenvalue weighted by atomic mass is 10.1. The highest BCUT2D eigenvalue weighted by atomic mass is 15.3. The van der Waals surface area contributed by atoms with Crippen LogP contribution in [0.25, 0.3) is 0 Å². The summed E-state index contributed by atoms with van der Waals surface area (Å²) in [7, 11) is 0. The third-order valence-electron chi connectivity index (χ3n) is 4.07. The van der Waals surface area contributed by atoms with Gasteiger partial charge < -0.3 is 5.32 Å². The van der Waals surface area contributed by atoms with Gasteiger partial charge in [0.1, 0.15) is 0 Å². The highest BCUT2D eigenvalue weighted by Gasteiger charge is 2.25. The zero-order valence-corrected chi connectivity index (χ0v) is 12.4. The van der Waals surface area contributed by atoms with Crippen LogP contribution in [0.1, 0.15) is 41.0 Å². The predicted octanol–water partition coefficient (Wildman–Crippen LogP) is 1.79. The molecule has 1 rings (SSSR count). The van der Waals surface area contributed by atoms with Crippen molar-refractivity contribution in [2.24, 2.45) is 0 Å². The van der Waals surface area contributed by atoms with Gasteiger partial charge >= 0.3 is 0 Å². The second kappa shape index (κ2) is 7.34. The zero-order chi connectivity index (χ0) is 12.8. The molecule has 1 aliphatic heterocycles. The summed E-state index contributed by atoms with van der Waals surface area (Å²) in [6.45, 7) is 17.4. The Balaban J connectivity index is 2.35. The molecule has 102 valence electrons. The molecular formula is C14H31N3. The van der Waals surface area contributed by atoms with Gasteiger partial charge in [-0.3, -0.25) is 9.80 Å². The number of piperazine rings is 1. The largest absolute Gasteiger partial charge is 0.314 e. The van der Waals surface area contributed by atoms with Crippen LogP contribution in [0.3, 0.4) is 0 Å². The number of likely N-dealkylation sites (N-methyl/N-ethyl adjacent to an activating group) is 1. The molecule has 0 spiro atoms. The molecule has 1 N–H and O–H groups in total. The summed E-state index contributed by atoms with van der Waals surface area (Å²) >= 11 is 0. The quantitative estimate of drug-likeness (QED) is 0.765. The Labute approximate surface area is 108 Å². The van der Waals surface area contributed by atoms with E-state index in [1.165, 1.54) is 32.6 Å². The van der Waals surface area contributed by atoms with Crippen LogP contribution in [0.4, 0.5) is 0 Å². The molecule has 3 nitrogen and oxygen atoms in total. The van der Waals surface area contributed by atoms with Crippen molar-refractivity contribution >= 4 is 0 Å². The van der Waals surface area contributed by atoms with Crippen molar-refractivity contribution in [2.45, 2.75) is 59.2 Å². The number of hydrogen-bond acceptors (Lipinski definition) is 3. The Bertz CT molecular complexity index is 208. The topological polar surface area (TPSA) is 18.5 Å². The summed E-state index contributed by atoms with van der Waals surface area (Å²) in [6.07, 6.45) is 1.26. The first kappa shape index (κ1) is 14.9. The van der Waals surface area contributed by atoms with E-state index in [4.69, 9.17) is 0 Å². The lowest BCUT2D eigenvalue weighted by molar-refractivity contribution is 0.0587. The highest BCUT2D eigenvalue weighted by molar-refractivity contribution is 4.82. The van der Waals surface area contributed by atoms with Gasteiger partial charge in [-0.15, -0.1) is 0 Å². The maximum atomic E-state index is 3.51. The van der Waals surface area contributed by atoms with Gasteiger partial charge in [-0.1, -0.05) is 13.8 Å². The van der Waals surface area contributed by atoms with E-state index in [9.17, 15) is 0 Å². The van der Waals surface area contributed by atoms with Crippen molar-refractivity contribution in [2.75, 3.05) is 32.7 Å². The second-order valence-corrected chi connectivity index (χ2v) is 5.52. The van der Waals surface area contributed by atoms with E-state index in [-0.39, 0.29) is 0 Å². The summed E-state index contributed by atoms with van der Waals surface area (Å²) in [6, 6.07) is 2.05. The van der Waals surface area contributed by atoms with Crippen LogP contribution >= 0.6 is 0 Å². The van der Waals surface area contributed by atoms with Gasteiger partial charge in [0.05, 0.1) is 0 Å². The lowest BCUT2D eigenvalue weighted by Crippen LogP contribution is -2.54. The SMILES string of the molecule is CCNC(C)CC(C)N1CCN(CC)C(C)C1. The summed E-state index contributed by atoms with van der Waals surface area (Å²) < 4.78 is 0. The van der Waals surface area contributed by atoms with Crippen molar-refractivity contribution in [3.8, 4) is 0 Å². The third-order valence-corrected chi connectivity index (χ3v) is 4.07. The van der Waals surface area contributed by atoms with Crippen LogP contribution in [-0.2, 0) is 0 Å². The molecule has 0 radical (unpaired) electrons. The van der Waals surface area contributed by atoms with Crippen LogP contribution < -0.4 is 5.32 Å². The Morgan fingerprint density at radius 2 is 1.94 bits per heavy atom. The fourth-order valence-corrected chi connectivity index (χ4v) is 2.99. The molecule has 17 heavy (non-hydrogen) atoms. The number of hydrogen-bond donors (Lipinski definition) is 1. The molecule has 0 aromatic carbocycles. The van der Waals surface area contributed by atoms with E-state index in [1.807, 2.05) is 0 Å². The van der Waals surface area contributed by atoms with E-state index >= 15 is 0 Å². The van der Waals surface area contributed by atoms with Crippen LogP contribution in [0.5, 0.6) is 0 Å². The van der Waals surface area contributed by atoms with E-state index in [2.05, 4.69) is 49.7 Å². The zero-order valence-electron chi connectivity index (χ0n) is 12.4. The Morgan fingerprint density at radius 3 is 2.47 bits per heavy atom. The van der Waals surface area contributed by atoms with E-state index < -0.39 is 0 Å². The molecule has 0 saturated carbocycles. The van der Waals surface area contributed by atoms with E-state index in [0.29, 0.717) is 18.1 Å². The predicted molar refractivity (Wildman–Crippen MR) is 75.5 cm³/mol. The minimum absolute atomic E-state index is 0.634. The number of nitrogens with zero attached hydrogens (tertiary/aromatic N) is 2. The lowest BCUT2D eigenvalue weighted by Gasteiger charge is -2.42. The Hall–Kier alpha value is -0.120. The molecular weight excluding hydrogens is 210 g/mol. The van der Waals surface area contributed by atoms with Gasteiger partial charge in [-0.25, -0.2) is 0 Å². The number of rotatable bonds is 6. The van der Waals surface area contributed by atoms with E-state index in [1.54, 1.807) is 0 Å². The molecule has 3 heteroatoms. The summed E-state index contributed by atoms with van der Waals surface area (Å²) in [5.41, 5.74) is 0. The average Bonchev–Trinajstić information content (AvgIpc) is 2.29. The highest BCUT2D eigenvalue weighted by Crippen LogP contribution is 2.14. The molecule has 0 amide bonds. The van der Waals surface area contributed by atoms with Gasteiger partial charge in [0, 0.05) is 37.8 Å². The fraction of sp³-hybridized carbons (Fsp3) is 1.00. The van der Waals surface area contributed by atoms with Crippen molar-refractivity contribution < 1.29 is 0 Å². The first-order chi connectivity index (χ1) is 8.08. The van der Waals surface area contributed by atoms with Crippen LogP contribution in [0, 0.1) is 0 Å². The second-order valence-electron chi connectivity index (χ2n) is 5.52. The molecule has 0 aliphatic carbocycles. The Kier molecular flexibility index (Phi) is 6.45. The molecule has 0 aromatic rings. The van der Waals surface area contributed by atoms with Crippen LogP contribution in [0.15, 0.2) is 0 Å². The van der Waals surface area contributed by atoms with Crippen molar-refractivity contribution in [1.29, 1.82) is 0 Å². The van der Waals surface area contributed by atoms with Crippen molar-refractivity contribution in [1.82, 2.24) is 15.1 Å². The van der Waals surface area contributed by atoms with Crippen molar-refractivity contribution in [3.05, 3.63) is 0 Å². The first-order valence-electron chi connectivity index (χ1n) is 7.29. The average molecular weight is 241 g/mol. The normalized spacial score (nSPS) is 27.0. The van der Waals surface area contributed by atoms with E-state index in [0.717, 1.165) is 6.54 Å². The number of nitrogens with one attached hydrogen (secondary N) is 1. The Morgan fingerprint density at radius 1 is 1.24 bits per heavy atom. The summed E-state index contributed by atoms with van der Waals surface area (Å²) in [5.74, 6) is 0.